The van der Waals surface area contributed by atoms with Crippen molar-refractivity contribution in [3.8, 4) is 22.7 Å². The number of aromatic nitrogens is 3. The van der Waals surface area contributed by atoms with E-state index in [1.165, 1.54) is 18.2 Å². The summed E-state index contributed by atoms with van der Waals surface area (Å²) in [5.41, 5.74) is -0.362. The quantitative estimate of drug-likeness (QED) is 0.302. The van der Waals surface area contributed by atoms with Crippen LogP contribution < -0.4 is 10.1 Å². The molecule has 0 aliphatic carbocycles. The summed E-state index contributed by atoms with van der Waals surface area (Å²) in [5, 5.41) is 5.07. The molecule has 11 heteroatoms. The maximum atomic E-state index is 13.0. The summed E-state index contributed by atoms with van der Waals surface area (Å²) in [6, 6.07) is 12.8. The maximum absolute atomic E-state index is 13.0. The molecule has 2 aromatic carbocycles. The van der Waals surface area contributed by atoms with Gasteiger partial charge in [0.2, 0.25) is 4.96 Å². The predicted octanol–water partition coefficient (Wildman–Crippen LogP) is 5.95. The van der Waals surface area contributed by atoms with Crippen LogP contribution in [0.15, 0.2) is 63.8 Å². The van der Waals surface area contributed by atoms with Gasteiger partial charge >= 0.3 is 6.18 Å². The molecule has 0 saturated heterocycles. The van der Waals surface area contributed by atoms with Crippen LogP contribution in [0.2, 0.25) is 10.0 Å². The van der Waals surface area contributed by atoms with Crippen molar-refractivity contribution in [2.75, 3.05) is 0 Å². The molecule has 0 N–H and O–H groups in total. The molecule has 3 heterocycles. The van der Waals surface area contributed by atoms with Crippen LogP contribution >= 0.6 is 34.5 Å². The first-order chi connectivity index (χ1) is 15.7. The number of nitrogens with zero attached hydrogens (tertiary/aromatic N) is 3. The molecule has 0 amide bonds. The van der Waals surface area contributed by atoms with Gasteiger partial charge in [0.15, 0.2) is 5.82 Å². The van der Waals surface area contributed by atoms with Crippen molar-refractivity contribution in [1.82, 2.24) is 14.6 Å². The SMILES string of the molecule is O=c1c(=Cc2ccc(-c3cccc(C(F)(F)F)c3)o2)sc2nc(-c3ccc(Cl)cc3Cl)nn12. The van der Waals surface area contributed by atoms with Gasteiger partial charge in [-0.25, -0.2) is 0 Å². The van der Waals surface area contributed by atoms with Gasteiger partial charge in [-0.05, 0) is 42.5 Å². The van der Waals surface area contributed by atoms with E-state index in [2.05, 4.69) is 10.1 Å². The van der Waals surface area contributed by atoms with E-state index in [4.69, 9.17) is 27.6 Å². The minimum atomic E-state index is -4.46. The molecule has 5 rings (SSSR count). The Labute approximate surface area is 197 Å². The highest BCUT2D eigenvalue weighted by molar-refractivity contribution is 7.15. The Bertz CT molecular complexity index is 1620. The van der Waals surface area contributed by atoms with Crippen molar-refractivity contribution in [1.29, 1.82) is 0 Å². The summed E-state index contributed by atoms with van der Waals surface area (Å²) >= 11 is 13.2. The number of benzene rings is 2. The number of furan rings is 1. The zero-order chi connectivity index (χ0) is 23.3. The molecule has 0 radical (unpaired) electrons. The number of rotatable bonds is 3. The molecule has 0 unspecified atom stereocenters. The third kappa shape index (κ3) is 4.15. The Morgan fingerprint density at radius 1 is 1.06 bits per heavy atom. The van der Waals surface area contributed by atoms with Crippen molar-refractivity contribution >= 4 is 45.6 Å². The molecule has 0 bridgehead atoms. The van der Waals surface area contributed by atoms with Gasteiger partial charge in [0.1, 0.15) is 16.1 Å². The minimum Gasteiger partial charge on any atom is -0.457 e. The lowest BCUT2D eigenvalue weighted by Gasteiger charge is -2.07. The van der Waals surface area contributed by atoms with E-state index in [0.717, 1.165) is 28.0 Å². The topological polar surface area (TPSA) is 60.4 Å². The molecule has 166 valence electrons. The average molecular weight is 508 g/mol. The number of hydrogen-bond acceptors (Lipinski definition) is 5. The summed E-state index contributed by atoms with van der Waals surface area (Å²) in [6.07, 6.45) is -2.96. The molecule has 3 aromatic heterocycles. The summed E-state index contributed by atoms with van der Waals surface area (Å²) in [6.45, 7) is 0. The van der Waals surface area contributed by atoms with E-state index in [0.29, 0.717) is 30.9 Å². The van der Waals surface area contributed by atoms with Crippen LogP contribution in [0.1, 0.15) is 11.3 Å². The lowest BCUT2D eigenvalue weighted by Crippen LogP contribution is -2.23. The Hall–Kier alpha value is -3.14. The van der Waals surface area contributed by atoms with Gasteiger partial charge in [-0.2, -0.15) is 22.7 Å². The predicted molar refractivity (Wildman–Crippen MR) is 121 cm³/mol. The maximum Gasteiger partial charge on any atom is 0.416 e. The van der Waals surface area contributed by atoms with Crippen molar-refractivity contribution in [3.05, 3.63) is 90.9 Å². The first kappa shape index (κ1) is 21.7. The fourth-order valence-electron chi connectivity index (χ4n) is 3.18. The zero-order valence-corrected chi connectivity index (χ0v) is 18.6. The lowest BCUT2D eigenvalue weighted by atomic mass is 10.1. The van der Waals surface area contributed by atoms with Gasteiger partial charge in [0.25, 0.3) is 5.56 Å². The van der Waals surface area contributed by atoms with Gasteiger partial charge in [-0.1, -0.05) is 46.7 Å². The highest BCUT2D eigenvalue weighted by Crippen LogP contribution is 2.33. The molecule has 0 aliphatic heterocycles. The molecule has 33 heavy (non-hydrogen) atoms. The zero-order valence-electron chi connectivity index (χ0n) is 16.2. The van der Waals surface area contributed by atoms with Gasteiger partial charge < -0.3 is 4.42 Å². The summed E-state index contributed by atoms with van der Waals surface area (Å²) in [7, 11) is 0. The minimum absolute atomic E-state index is 0.249. The Morgan fingerprint density at radius 2 is 1.88 bits per heavy atom. The van der Waals surface area contributed by atoms with Crippen molar-refractivity contribution in [2.24, 2.45) is 0 Å². The lowest BCUT2D eigenvalue weighted by molar-refractivity contribution is -0.137. The number of thiazole rings is 1. The highest BCUT2D eigenvalue weighted by Gasteiger charge is 2.30. The monoisotopic (exact) mass is 507 g/mol. The molecular weight excluding hydrogens is 498 g/mol. The van der Waals surface area contributed by atoms with Crippen molar-refractivity contribution in [2.45, 2.75) is 6.18 Å². The van der Waals surface area contributed by atoms with Crippen LogP contribution in [0, 0.1) is 0 Å². The van der Waals surface area contributed by atoms with Crippen LogP contribution in [0.5, 0.6) is 0 Å². The first-order valence-corrected chi connectivity index (χ1v) is 10.9. The third-order valence-corrected chi connectivity index (χ3v) is 6.24. The molecular formula is C22H10Cl2F3N3O2S. The van der Waals surface area contributed by atoms with E-state index in [1.54, 1.807) is 30.3 Å². The second kappa shape index (κ2) is 8.02. The number of alkyl halides is 3. The molecule has 0 fully saturated rings. The van der Waals surface area contributed by atoms with Crippen LogP contribution in [0.3, 0.4) is 0 Å². The van der Waals surface area contributed by atoms with Crippen LogP contribution in [-0.4, -0.2) is 14.6 Å². The van der Waals surface area contributed by atoms with Gasteiger partial charge in [-0.15, -0.1) is 5.10 Å². The van der Waals surface area contributed by atoms with Gasteiger partial charge in [0.05, 0.1) is 10.6 Å². The van der Waals surface area contributed by atoms with E-state index >= 15 is 0 Å². The van der Waals surface area contributed by atoms with E-state index in [-0.39, 0.29) is 17.1 Å². The highest BCUT2D eigenvalue weighted by atomic mass is 35.5. The third-order valence-electron chi connectivity index (χ3n) is 4.73. The Kier molecular flexibility index (Phi) is 5.27. The van der Waals surface area contributed by atoms with Gasteiger partial charge in [0, 0.05) is 22.2 Å². The molecule has 0 atom stereocenters. The molecule has 5 nitrogen and oxygen atoms in total. The largest absolute Gasteiger partial charge is 0.457 e. The second-order valence-electron chi connectivity index (χ2n) is 6.95. The van der Waals surface area contributed by atoms with Crippen LogP contribution in [0.4, 0.5) is 13.2 Å². The van der Waals surface area contributed by atoms with E-state index < -0.39 is 17.3 Å². The fourth-order valence-corrected chi connectivity index (χ4v) is 4.56. The summed E-state index contributed by atoms with van der Waals surface area (Å²) in [5.74, 6) is 0.848. The molecule has 0 aliphatic rings. The van der Waals surface area contributed by atoms with Crippen LogP contribution in [0.25, 0.3) is 33.7 Å². The van der Waals surface area contributed by atoms with Crippen LogP contribution in [-0.2, 0) is 6.18 Å². The Morgan fingerprint density at radius 3 is 2.61 bits per heavy atom. The van der Waals surface area contributed by atoms with E-state index in [9.17, 15) is 18.0 Å². The number of hydrogen-bond donors (Lipinski definition) is 0. The molecule has 5 aromatic rings. The fraction of sp³-hybridized carbons (Fsp3) is 0.0455. The number of fused-ring (bicyclic) bond motifs is 1. The summed E-state index contributed by atoms with van der Waals surface area (Å²) in [4.78, 5) is 17.5. The molecule has 0 saturated carbocycles. The standard InChI is InChI=1S/C22H10Cl2F3N3O2S/c23-13-4-6-15(16(24)9-13)19-28-21-30(29-19)20(31)18(33-21)10-14-5-7-17(32-14)11-2-1-3-12(8-11)22(25,26)27/h1-10H. The second-order valence-corrected chi connectivity index (χ2v) is 8.80. The smallest absolute Gasteiger partial charge is 0.416 e. The van der Waals surface area contributed by atoms with Crippen molar-refractivity contribution < 1.29 is 17.6 Å². The van der Waals surface area contributed by atoms with Gasteiger partial charge in [-0.3, -0.25) is 4.79 Å². The summed E-state index contributed by atoms with van der Waals surface area (Å²) < 4.78 is 46.0. The van der Waals surface area contributed by atoms with Crippen molar-refractivity contribution in [3.63, 3.8) is 0 Å². The average Bonchev–Trinajstić information content (AvgIpc) is 3.45. The Balaban J connectivity index is 1.49. The first-order valence-electron chi connectivity index (χ1n) is 9.33. The number of halogens is 5. The van der Waals surface area contributed by atoms with E-state index in [1.807, 2.05) is 0 Å². The molecule has 0 spiro atoms. The normalized spacial score (nSPS) is 12.7.